The molecule has 0 atom stereocenters. The summed E-state index contributed by atoms with van der Waals surface area (Å²) in [7, 11) is 0. The lowest BCUT2D eigenvalue weighted by atomic mass is 10.2. The zero-order valence-corrected chi connectivity index (χ0v) is 14.3. The smallest absolute Gasteiger partial charge is 0.334 e. The molecule has 1 aromatic carbocycles. The molecule has 1 aromatic rings. The van der Waals surface area contributed by atoms with E-state index in [1.54, 1.807) is 24.3 Å². The van der Waals surface area contributed by atoms with E-state index in [1.807, 2.05) is 0 Å². The Kier molecular flexibility index (Phi) is 5.03. The third kappa shape index (κ3) is 3.51. The third-order valence-corrected chi connectivity index (χ3v) is 4.88. The van der Waals surface area contributed by atoms with Gasteiger partial charge in [0.2, 0.25) is 5.91 Å². The van der Waals surface area contributed by atoms with Gasteiger partial charge in [0.1, 0.15) is 6.54 Å². The number of benzene rings is 1. The summed E-state index contributed by atoms with van der Waals surface area (Å²) in [5.41, 5.74) is 0.722. The Morgan fingerprint density at radius 2 is 1.80 bits per heavy atom. The number of nitrogens with one attached hydrogen (secondary N) is 1. The Morgan fingerprint density at radius 3 is 2.48 bits per heavy atom. The standard InChI is InChI=1S/C17H18ClN3O4/c18-13-8-4-1-5-11(13)9-19-14(22)10-20-15(23)16(24)21(17(20)25)12-6-2-3-7-12/h1,4-5,8,12H,2-3,6-7,9-10H2,(H,19,22). The second kappa shape index (κ2) is 7.23. The van der Waals surface area contributed by atoms with Gasteiger partial charge in [-0.25, -0.2) is 9.69 Å². The lowest BCUT2D eigenvalue weighted by molar-refractivity contribution is -0.144. The van der Waals surface area contributed by atoms with Crippen molar-refractivity contribution >= 4 is 35.4 Å². The van der Waals surface area contributed by atoms with Gasteiger partial charge in [-0.05, 0) is 24.5 Å². The van der Waals surface area contributed by atoms with E-state index >= 15 is 0 Å². The highest BCUT2D eigenvalue weighted by Crippen LogP contribution is 2.27. The molecule has 3 rings (SSSR count). The number of carbonyl (C=O) groups excluding carboxylic acids is 4. The monoisotopic (exact) mass is 363 g/mol. The van der Waals surface area contributed by atoms with Crippen molar-refractivity contribution in [3.63, 3.8) is 0 Å². The Morgan fingerprint density at radius 1 is 1.12 bits per heavy atom. The fourth-order valence-electron chi connectivity index (χ4n) is 3.18. The summed E-state index contributed by atoms with van der Waals surface area (Å²) in [4.78, 5) is 50.3. The van der Waals surface area contributed by atoms with Gasteiger partial charge < -0.3 is 5.32 Å². The SMILES string of the molecule is O=C(CN1C(=O)C(=O)N(C2CCCC2)C1=O)NCc1ccccc1Cl. The van der Waals surface area contributed by atoms with Crippen LogP contribution in [-0.4, -0.2) is 46.1 Å². The second-order valence-corrected chi connectivity index (χ2v) is 6.56. The maximum absolute atomic E-state index is 12.4. The zero-order valence-electron chi connectivity index (χ0n) is 13.5. The van der Waals surface area contributed by atoms with Crippen molar-refractivity contribution in [3.05, 3.63) is 34.9 Å². The van der Waals surface area contributed by atoms with Crippen LogP contribution in [0.25, 0.3) is 0 Å². The van der Waals surface area contributed by atoms with E-state index in [0.29, 0.717) is 22.8 Å². The molecule has 25 heavy (non-hydrogen) atoms. The zero-order chi connectivity index (χ0) is 18.0. The van der Waals surface area contributed by atoms with E-state index in [2.05, 4.69) is 5.32 Å². The molecule has 132 valence electrons. The largest absolute Gasteiger partial charge is 0.350 e. The average Bonchev–Trinajstić information content (AvgIpc) is 3.18. The van der Waals surface area contributed by atoms with Crippen LogP contribution in [-0.2, 0) is 20.9 Å². The Hall–Kier alpha value is -2.41. The molecule has 0 aromatic heterocycles. The molecule has 1 aliphatic carbocycles. The molecule has 0 bridgehead atoms. The van der Waals surface area contributed by atoms with Gasteiger partial charge in [0.25, 0.3) is 0 Å². The molecule has 0 spiro atoms. The van der Waals surface area contributed by atoms with Gasteiger partial charge in [-0.1, -0.05) is 42.6 Å². The van der Waals surface area contributed by atoms with E-state index in [1.165, 1.54) is 0 Å². The molecule has 0 radical (unpaired) electrons. The van der Waals surface area contributed by atoms with Gasteiger partial charge in [-0.3, -0.25) is 19.3 Å². The van der Waals surface area contributed by atoms with Crippen LogP contribution in [0.5, 0.6) is 0 Å². The quantitative estimate of drug-likeness (QED) is 0.637. The van der Waals surface area contributed by atoms with Crippen molar-refractivity contribution in [2.24, 2.45) is 0 Å². The molecule has 7 nitrogen and oxygen atoms in total. The Balaban J connectivity index is 1.61. The molecule has 5 amide bonds. The number of urea groups is 1. The number of carbonyl (C=O) groups is 4. The van der Waals surface area contributed by atoms with Crippen molar-refractivity contribution in [3.8, 4) is 0 Å². The molecule has 1 N–H and O–H groups in total. The molecule has 1 saturated heterocycles. The maximum Gasteiger partial charge on any atom is 0.334 e. The molecule has 1 aliphatic heterocycles. The first kappa shape index (κ1) is 17.4. The summed E-state index contributed by atoms with van der Waals surface area (Å²) < 4.78 is 0. The number of imide groups is 2. The first-order chi connectivity index (χ1) is 12.0. The van der Waals surface area contributed by atoms with Crippen LogP contribution in [0.2, 0.25) is 5.02 Å². The fraction of sp³-hybridized carbons (Fsp3) is 0.412. The van der Waals surface area contributed by atoms with Crippen LogP contribution >= 0.6 is 11.6 Å². The van der Waals surface area contributed by atoms with E-state index in [4.69, 9.17) is 11.6 Å². The highest BCUT2D eigenvalue weighted by atomic mass is 35.5. The molecule has 8 heteroatoms. The highest BCUT2D eigenvalue weighted by Gasteiger charge is 2.48. The predicted octanol–water partition coefficient (Wildman–Crippen LogP) is 1.69. The molecular formula is C17H18ClN3O4. The van der Waals surface area contributed by atoms with Crippen LogP contribution < -0.4 is 5.32 Å². The van der Waals surface area contributed by atoms with Gasteiger partial charge in [0, 0.05) is 17.6 Å². The molecule has 0 unspecified atom stereocenters. The molecule has 1 saturated carbocycles. The van der Waals surface area contributed by atoms with Crippen molar-refractivity contribution in [1.29, 1.82) is 0 Å². The normalized spacial score (nSPS) is 18.4. The lowest BCUT2D eigenvalue weighted by Gasteiger charge is -2.20. The molecule has 2 aliphatic rings. The Bertz CT molecular complexity index is 730. The average molecular weight is 364 g/mol. The summed E-state index contributed by atoms with van der Waals surface area (Å²) in [5, 5.41) is 3.12. The molecule has 1 heterocycles. The predicted molar refractivity (Wildman–Crippen MR) is 89.5 cm³/mol. The summed E-state index contributed by atoms with van der Waals surface area (Å²) in [5.74, 6) is -2.30. The maximum atomic E-state index is 12.4. The summed E-state index contributed by atoms with van der Waals surface area (Å²) in [6.07, 6.45) is 3.26. The number of halogens is 1. The number of nitrogens with zero attached hydrogens (tertiary/aromatic N) is 2. The minimum atomic E-state index is -0.940. The summed E-state index contributed by atoms with van der Waals surface area (Å²) >= 11 is 6.01. The van der Waals surface area contributed by atoms with Crippen LogP contribution in [0.3, 0.4) is 0 Å². The van der Waals surface area contributed by atoms with Crippen molar-refractivity contribution < 1.29 is 19.2 Å². The lowest BCUT2D eigenvalue weighted by Crippen LogP contribution is -2.43. The van der Waals surface area contributed by atoms with E-state index in [9.17, 15) is 19.2 Å². The van der Waals surface area contributed by atoms with Crippen molar-refractivity contribution in [2.45, 2.75) is 38.3 Å². The van der Waals surface area contributed by atoms with Crippen LogP contribution in [0, 0.1) is 0 Å². The number of rotatable bonds is 5. The number of amides is 5. The molecular weight excluding hydrogens is 346 g/mol. The minimum absolute atomic E-state index is 0.176. The third-order valence-electron chi connectivity index (χ3n) is 4.51. The Labute approximate surface area is 149 Å². The van der Waals surface area contributed by atoms with Gasteiger partial charge in [-0.15, -0.1) is 0 Å². The van der Waals surface area contributed by atoms with Gasteiger partial charge in [0.05, 0.1) is 0 Å². The van der Waals surface area contributed by atoms with E-state index in [0.717, 1.165) is 23.3 Å². The van der Waals surface area contributed by atoms with Crippen LogP contribution in [0.15, 0.2) is 24.3 Å². The first-order valence-corrected chi connectivity index (χ1v) is 8.56. The van der Waals surface area contributed by atoms with Crippen molar-refractivity contribution in [2.75, 3.05) is 6.54 Å². The summed E-state index contributed by atoms with van der Waals surface area (Å²) in [6, 6.07) is 6.10. The highest BCUT2D eigenvalue weighted by molar-refractivity contribution is 6.45. The van der Waals surface area contributed by atoms with Crippen molar-refractivity contribution in [1.82, 2.24) is 15.1 Å². The van der Waals surface area contributed by atoms with Gasteiger partial charge in [-0.2, -0.15) is 0 Å². The first-order valence-electron chi connectivity index (χ1n) is 8.18. The topological polar surface area (TPSA) is 86.8 Å². The van der Waals surface area contributed by atoms with Gasteiger partial charge >= 0.3 is 17.8 Å². The number of hydrogen-bond donors (Lipinski definition) is 1. The second-order valence-electron chi connectivity index (χ2n) is 6.16. The minimum Gasteiger partial charge on any atom is -0.350 e. The number of hydrogen-bond acceptors (Lipinski definition) is 4. The van der Waals surface area contributed by atoms with Crippen LogP contribution in [0.1, 0.15) is 31.2 Å². The van der Waals surface area contributed by atoms with Gasteiger partial charge in [0.15, 0.2) is 0 Å². The van der Waals surface area contributed by atoms with E-state index < -0.39 is 30.3 Å². The fourth-order valence-corrected chi connectivity index (χ4v) is 3.38. The summed E-state index contributed by atoms with van der Waals surface area (Å²) in [6.45, 7) is -0.300. The van der Waals surface area contributed by atoms with Crippen LogP contribution in [0.4, 0.5) is 4.79 Å². The molecule has 2 fully saturated rings. The van der Waals surface area contributed by atoms with E-state index in [-0.39, 0.29) is 12.6 Å².